The Bertz CT molecular complexity index is 572. The Hall–Kier alpha value is -0.720. The van der Waals surface area contributed by atoms with Crippen LogP contribution in [-0.2, 0) is 16.4 Å². The molecule has 6 heteroatoms. The molecule has 0 radical (unpaired) electrons. The predicted octanol–water partition coefficient (Wildman–Crippen LogP) is 1.80. The van der Waals surface area contributed by atoms with Crippen molar-refractivity contribution in [3.8, 4) is 0 Å². The monoisotopic (exact) mass is 315 g/mol. The Morgan fingerprint density at radius 2 is 2.20 bits per heavy atom. The van der Waals surface area contributed by atoms with Crippen LogP contribution >= 0.6 is 11.8 Å². The molecule has 0 aromatic heterocycles. The average Bonchev–Trinajstić information content (AvgIpc) is 2.47. The van der Waals surface area contributed by atoms with Gasteiger partial charge < -0.3 is 10.0 Å². The number of anilines is 1. The molecule has 1 atom stereocenters. The van der Waals surface area contributed by atoms with E-state index in [0.717, 1.165) is 29.1 Å². The van der Waals surface area contributed by atoms with Gasteiger partial charge in [-0.05, 0) is 30.2 Å². The minimum Gasteiger partial charge on any atom is -0.392 e. The lowest BCUT2D eigenvalue weighted by Gasteiger charge is -2.36. The minimum absolute atomic E-state index is 0.0126. The number of thioether (sulfide) groups is 1. The number of hydrogen-bond acceptors (Lipinski definition) is 5. The first-order valence-corrected chi connectivity index (χ1v) is 9.63. The van der Waals surface area contributed by atoms with Crippen LogP contribution in [0.15, 0.2) is 18.2 Å². The Labute approximate surface area is 125 Å². The van der Waals surface area contributed by atoms with Crippen molar-refractivity contribution in [1.82, 2.24) is 0 Å². The fourth-order valence-corrected chi connectivity index (χ4v) is 5.39. The molecule has 0 spiro atoms. The molecule has 0 aliphatic carbocycles. The van der Waals surface area contributed by atoms with Crippen LogP contribution in [-0.4, -0.2) is 42.7 Å². The topological polar surface area (TPSA) is 57.6 Å². The van der Waals surface area contributed by atoms with Crippen molar-refractivity contribution < 1.29 is 13.5 Å². The molecule has 1 aliphatic rings. The Morgan fingerprint density at radius 1 is 1.45 bits per heavy atom. The van der Waals surface area contributed by atoms with E-state index in [4.69, 9.17) is 0 Å². The van der Waals surface area contributed by atoms with Gasteiger partial charge in [-0.1, -0.05) is 13.0 Å². The zero-order chi connectivity index (χ0) is 14.8. The number of aliphatic hydroxyl groups excluding tert-OH is 1. The van der Waals surface area contributed by atoms with E-state index in [9.17, 15) is 13.5 Å². The number of rotatable bonds is 4. The van der Waals surface area contributed by atoms with Crippen LogP contribution in [0.25, 0.3) is 0 Å². The second kappa shape index (κ2) is 6.37. The van der Waals surface area contributed by atoms with Gasteiger partial charge in [0.2, 0.25) is 0 Å². The van der Waals surface area contributed by atoms with Crippen molar-refractivity contribution in [3.63, 3.8) is 0 Å². The standard InChI is InChI=1S/C14H21NO3S2/c1-3-20(17,18)14-10-19-7-6-15(14)13-5-4-12(9-16)11(2)8-13/h4-5,8,14,16H,3,6-7,9-10H2,1-2H3. The van der Waals surface area contributed by atoms with Crippen LogP contribution in [0.1, 0.15) is 18.1 Å². The van der Waals surface area contributed by atoms with Gasteiger partial charge in [-0.2, -0.15) is 11.8 Å². The first-order chi connectivity index (χ1) is 9.49. The summed E-state index contributed by atoms with van der Waals surface area (Å²) < 4.78 is 24.5. The number of sulfone groups is 1. The molecule has 1 aromatic rings. The lowest BCUT2D eigenvalue weighted by atomic mass is 10.1. The molecular weight excluding hydrogens is 294 g/mol. The van der Waals surface area contributed by atoms with Crippen molar-refractivity contribution in [2.75, 3.05) is 28.7 Å². The molecule has 1 aromatic carbocycles. The lowest BCUT2D eigenvalue weighted by molar-refractivity contribution is 0.281. The molecular formula is C14H21NO3S2. The minimum atomic E-state index is -3.09. The van der Waals surface area contributed by atoms with Crippen LogP contribution in [0.3, 0.4) is 0 Å². The van der Waals surface area contributed by atoms with Gasteiger partial charge in [-0.15, -0.1) is 0 Å². The number of aryl methyl sites for hydroxylation is 1. The van der Waals surface area contributed by atoms with E-state index in [1.54, 1.807) is 18.7 Å². The SMILES string of the molecule is CCS(=O)(=O)C1CSCCN1c1ccc(CO)c(C)c1. The number of nitrogens with zero attached hydrogens (tertiary/aromatic N) is 1. The molecule has 20 heavy (non-hydrogen) atoms. The number of hydrogen-bond donors (Lipinski definition) is 1. The first kappa shape index (κ1) is 15.7. The molecule has 1 fully saturated rings. The highest BCUT2D eigenvalue weighted by Crippen LogP contribution is 2.28. The summed E-state index contributed by atoms with van der Waals surface area (Å²) in [6.45, 7) is 4.40. The van der Waals surface area contributed by atoms with E-state index >= 15 is 0 Å². The van der Waals surface area contributed by atoms with Gasteiger partial charge in [0.05, 0.1) is 6.61 Å². The van der Waals surface area contributed by atoms with E-state index in [1.165, 1.54) is 0 Å². The summed E-state index contributed by atoms with van der Waals surface area (Å²) in [7, 11) is -3.09. The molecule has 1 N–H and O–H groups in total. The molecule has 112 valence electrons. The van der Waals surface area contributed by atoms with E-state index in [2.05, 4.69) is 0 Å². The maximum Gasteiger partial charge on any atom is 0.171 e. The first-order valence-electron chi connectivity index (χ1n) is 6.76. The number of benzene rings is 1. The summed E-state index contributed by atoms with van der Waals surface area (Å²) in [5, 5.41) is 8.79. The second-order valence-electron chi connectivity index (χ2n) is 4.94. The third kappa shape index (κ3) is 3.13. The molecule has 1 saturated heterocycles. The van der Waals surface area contributed by atoms with Crippen molar-refractivity contribution in [3.05, 3.63) is 29.3 Å². The van der Waals surface area contributed by atoms with E-state index in [0.29, 0.717) is 5.75 Å². The van der Waals surface area contributed by atoms with Crippen LogP contribution in [0.2, 0.25) is 0 Å². The van der Waals surface area contributed by atoms with Gasteiger partial charge in [0.15, 0.2) is 9.84 Å². The summed E-state index contributed by atoms with van der Waals surface area (Å²) in [5.41, 5.74) is 2.81. The summed E-state index contributed by atoms with van der Waals surface area (Å²) in [6.07, 6.45) is 0. The zero-order valence-corrected chi connectivity index (χ0v) is 13.5. The van der Waals surface area contributed by atoms with Crippen LogP contribution in [0.5, 0.6) is 0 Å². The Kier molecular flexibility index (Phi) is 4.99. The average molecular weight is 315 g/mol. The van der Waals surface area contributed by atoms with Gasteiger partial charge in [0.25, 0.3) is 0 Å². The fraction of sp³-hybridized carbons (Fsp3) is 0.571. The molecule has 0 amide bonds. The molecule has 1 aliphatic heterocycles. The highest BCUT2D eigenvalue weighted by molar-refractivity contribution is 8.01. The summed E-state index contributed by atoms with van der Waals surface area (Å²) in [6, 6.07) is 5.76. The van der Waals surface area contributed by atoms with E-state index in [1.807, 2.05) is 30.0 Å². The lowest BCUT2D eigenvalue weighted by Crippen LogP contribution is -2.48. The van der Waals surface area contributed by atoms with Crippen molar-refractivity contribution in [2.45, 2.75) is 25.8 Å². The van der Waals surface area contributed by atoms with Crippen molar-refractivity contribution in [2.24, 2.45) is 0 Å². The van der Waals surface area contributed by atoms with Crippen molar-refractivity contribution in [1.29, 1.82) is 0 Å². The maximum atomic E-state index is 12.3. The van der Waals surface area contributed by atoms with E-state index < -0.39 is 15.2 Å². The Balaban J connectivity index is 2.35. The van der Waals surface area contributed by atoms with Crippen molar-refractivity contribution >= 4 is 27.3 Å². The van der Waals surface area contributed by atoms with Gasteiger partial charge in [-0.25, -0.2) is 8.42 Å². The number of aliphatic hydroxyl groups is 1. The second-order valence-corrected chi connectivity index (χ2v) is 8.54. The molecule has 0 bridgehead atoms. The van der Waals surface area contributed by atoms with Crippen LogP contribution in [0.4, 0.5) is 5.69 Å². The van der Waals surface area contributed by atoms with Gasteiger partial charge in [-0.3, -0.25) is 0 Å². The Morgan fingerprint density at radius 3 is 2.80 bits per heavy atom. The fourth-order valence-electron chi connectivity index (χ4n) is 2.40. The smallest absolute Gasteiger partial charge is 0.171 e. The third-order valence-corrected chi connectivity index (χ3v) is 7.02. The quantitative estimate of drug-likeness (QED) is 0.918. The van der Waals surface area contributed by atoms with Crippen LogP contribution in [0, 0.1) is 6.92 Å². The highest BCUT2D eigenvalue weighted by atomic mass is 32.2. The van der Waals surface area contributed by atoms with Gasteiger partial charge in [0.1, 0.15) is 5.37 Å². The largest absolute Gasteiger partial charge is 0.392 e. The normalized spacial score (nSPS) is 20.1. The molecule has 4 nitrogen and oxygen atoms in total. The third-order valence-electron chi connectivity index (χ3n) is 3.73. The zero-order valence-electron chi connectivity index (χ0n) is 11.9. The molecule has 1 heterocycles. The van der Waals surface area contributed by atoms with E-state index in [-0.39, 0.29) is 12.4 Å². The summed E-state index contributed by atoms with van der Waals surface area (Å²) in [4.78, 5) is 1.99. The maximum absolute atomic E-state index is 12.3. The summed E-state index contributed by atoms with van der Waals surface area (Å²) in [5.74, 6) is 1.73. The van der Waals surface area contributed by atoms with Gasteiger partial charge >= 0.3 is 0 Å². The molecule has 2 rings (SSSR count). The van der Waals surface area contributed by atoms with Gasteiger partial charge in [0, 0.05) is 29.5 Å². The highest BCUT2D eigenvalue weighted by Gasteiger charge is 2.33. The van der Waals surface area contributed by atoms with Crippen LogP contribution < -0.4 is 4.90 Å². The summed E-state index contributed by atoms with van der Waals surface area (Å²) >= 11 is 1.69. The predicted molar refractivity (Wildman–Crippen MR) is 85.0 cm³/mol. The molecule has 0 saturated carbocycles. The molecule has 1 unspecified atom stereocenters.